The van der Waals surface area contributed by atoms with Crippen LogP contribution < -0.4 is 15.6 Å². The van der Waals surface area contributed by atoms with Gasteiger partial charge in [0.2, 0.25) is 0 Å². The summed E-state index contributed by atoms with van der Waals surface area (Å²) in [6.45, 7) is 1.89. The van der Waals surface area contributed by atoms with Gasteiger partial charge in [-0.2, -0.15) is 0 Å². The third-order valence-electron chi connectivity index (χ3n) is 2.62. The highest BCUT2D eigenvalue weighted by molar-refractivity contribution is 7.12. The summed E-state index contributed by atoms with van der Waals surface area (Å²) in [5.41, 5.74) is 7.42. The first-order chi connectivity index (χ1) is 9.69. The summed E-state index contributed by atoms with van der Waals surface area (Å²) in [7, 11) is 1.64. The predicted molar refractivity (Wildman–Crippen MR) is 81.6 cm³/mol. The van der Waals surface area contributed by atoms with Crippen LogP contribution in [0.25, 0.3) is 6.08 Å². The molecule has 1 aromatic carbocycles. The molecule has 4 nitrogen and oxygen atoms in total. The SMILES string of the molecule is COc1ccc(/C=C(\C)NNC(=O)c2cccs2)cc1. The first kappa shape index (κ1) is 14.1. The molecule has 0 spiro atoms. The van der Waals surface area contributed by atoms with E-state index >= 15 is 0 Å². The molecule has 20 heavy (non-hydrogen) atoms. The van der Waals surface area contributed by atoms with Crippen molar-refractivity contribution in [2.45, 2.75) is 6.92 Å². The van der Waals surface area contributed by atoms with Crippen molar-refractivity contribution in [2.75, 3.05) is 7.11 Å². The van der Waals surface area contributed by atoms with Crippen LogP contribution in [0.5, 0.6) is 5.75 Å². The molecule has 0 aliphatic carbocycles. The summed E-state index contributed by atoms with van der Waals surface area (Å²) in [5.74, 6) is 0.682. The molecule has 1 aromatic heterocycles. The van der Waals surface area contributed by atoms with Crippen molar-refractivity contribution < 1.29 is 9.53 Å². The van der Waals surface area contributed by atoms with Crippen molar-refractivity contribution in [3.63, 3.8) is 0 Å². The zero-order valence-electron chi connectivity index (χ0n) is 11.3. The maximum atomic E-state index is 11.7. The van der Waals surface area contributed by atoms with Gasteiger partial charge in [-0.1, -0.05) is 18.2 Å². The van der Waals surface area contributed by atoms with Gasteiger partial charge in [-0.15, -0.1) is 11.3 Å². The Kier molecular flexibility index (Phi) is 4.79. The molecule has 0 bridgehead atoms. The lowest BCUT2D eigenvalue weighted by Crippen LogP contribution is -2.35. The second kappa shape index (κ2) is 6.77. The van der Waals surface area contributed by atoms with Crippen LogP contribution in [0, 0.1) is 0 Å². The van der Waals surface area contributed by atoms with Gasteiger partial charge in [0.25, 0.3) is 5.91 Å². The van der Waals surface area contributed by atoms with E-state index in [9.17, 15) is 4.79 Å². The molecule has 0 aliphatic heterocycles. The van der Waals surface area contributed by atoms with E-state index in [0.29, 0.717) is 4.88 Å². The molecule has 2 aromatic rings. The van der Waals surface area contributed by atoms with Crippen LogP contribution in [0.1, 0.15) is 22.2 Å². The molecule has 0 atom stereocenters. The van der Waals surface area contributed by atoms with Crippen molar-refractivity contribution in [2.24, 2.45) is 0 Å². The Balaban J connectivity index is 1.91. The van der Waals surface area contributed by atoms with Crippen molar-refractivity contribution in [3.05, 3.63) is 57.9 Å². The molecule has 0 saturated carbocycles. The Bertz CT molecular complexity index is 589. The standard InChI is InChI=1S/C15H16N2O2S/c1-11(10-12-5-7-13(19-2)8-6-12)16-17-15(18)14-4-3-9-20-14/h3-10,16H,1-2H3,(H,17,18)/b11-10+. The summed E-state index contributed by atoms with van der Waals surface area (Å²) in [6.07, 6.45) is 1.94. The number of rotatable bonds is 5. The second-order valence-corrected chi connectivity index (χ2v) is 5.10. The zero-order chi connectivity index (χ0) is 14.4. The molecule has 0 unspecified atom stereocenters. The Labute approximate surface area is 122 Å². The quantitative estimate of drug-likeness (QED) is 0.831. The Hall–Kier alpha value is -2.27. The van der Waals surface area contributed by atoms with Crippen molar-refractivity contribution in [1.82, 2.24) is 10.9 Å². The highest BCUT2D eigenvalue weighted by Gasteiger charge is 2.04. The van der Waals surface area contributed by atoms with E-state index < -0.39 is 0 Å². The van der Waals surface area contributed by atoms with Crippen molar-refractivity contribution in [1.29, 1.82) is 0 Å². The number of thiophene rings is 1. The number of amides is 1. The first-order valence-corrected chi connectivity index (χ1v) is 6.99. The topological polar surface area (TPSA) is 50.4 Å². The summed E-state index contributed by atoms with van der Waals surface area (Å²) in [5, 5.41) is 1.87. The van der Waals surface area contributed by atoms with Crippen LogP contribution in [0.15, 0.2) is 47.5 Å². The molecule has 104 valence electrons. The lowest BCUT2D eigenvalue weighted by molar-refractivity contribution is 0.0943. The molecular formula is C15H16N2O2S. The fraction of sp³-hybridized carbons (Fsp3) is 0.133. The van der Waals surface area contributed by atoms with Gasteiger partial charge in [0.05, 0.1) is 12.0 Å². The smallest absolute Gasteiger partial charge is 0.279 e. The number of carbonyl (C=O) groups is 1. The van der Waals surface area contributed by atoms with Gasteiger partial charge < -0.3 is 10.2 Å². The third-order valence-corrected chi connectivity index (χ3v) is 3.49. The Morgan fingerprint density at radius 1 is 1.20 bits per heavy atom. The Morgan fingerprint density at radius 3 is 2.55 bits per heavy atom. The number of ether oxygens (including phenoxy) is 1. The van der Waals surface area contributed by atoms with Crippen LogP contribution in [0.4, 0.5) is 0 Å². The number of hydrazine groups is 1. The summed E-state index contributed by atoms with van der Waals surface area (Å²) in [4.78, 5) is 12.4. The van der Waals surface area contributed by atoms with Gasteiger partial charge in [0.1, 0.15) is 5.75 Å². The minimum atomic E-state index is -0.137. The maximum absolute atomic E-state index is 11.7. The number of allylic oxidation sites excluding steroid dienone is 1. The van der Waals surface area contributed by atoms with Crippen LogP contribution in [0.2, 0.25) is 0 Å². The molecule has 2 rings (SSSR count). The fourth-order valence-corrected chi connectivity index (χ4v) is 2.23. The summed E-state index contributed by atoms with van der Waals surface area (Å²) in [6, 6.07) is 11.3. The van der Waals surface area contributed by atoms with Gasteiger partial charge in [-0.25, -0.2) is 0 Å². The van der Waals surface area contributed by atoms with E-state index in [1.807, 2.05) is 48.7 Å². The van der Waals surface area contributed by atoms with Gasteiger partial charge >= 0.3 is 0 Å². The average molecular weight is 288 g/mol. The largest absolute Gasteiger partial charge is 0.497 e. The van der Waals surface area contributed by atoms with E-state index in [-0.39, 0.29) is 5.91 Å². The van der Waals surface area contributed by atoms with Crippen LogP contribution in [-0.2, 0) is 0 Å². The molecule has 5 heteroatoms. The normalized spacial score (nSPS) is 11.0. The van der Waals surface area contributed by atoms with Crippen LogP contribution in [-0.4, -0.2) is 13.0 Å². The van der Waals surface area contributed by atoms with E-state index in [1.54, 1.807) is 13.2 Å². The van der Waals surface area contributed by atoms with E-state index in [4.69, 9.17) is 4.74 Å². The first-order valence-electron chi connectivity index (χ1n) is 6.11. The predicted octanol–water partition coefficient (Wildman–Crippen LogP) is 3.05. The number of carbonyl (C=O) groups excluding carboxylic acids is 1. The van der Waals surface area contributed by atoms with Gasteiger partial charge in [0, 0.05) is 5.70 Å². The molecule has 0 radical (unpaired) electrons. The molecule has 2 N–H and O–H groups in total. The lowest BCUT2D eigenvalue weighted by Gasteiger charge is -2.08. The molecule has 1 amide bonds. The van der Waals surface area contributed by atoms with E-state index in [1.165, 1.54) is 11.3 Å². The molecule has 0 saturated heterocycles. The number of hydrogen-bond acceptors (Lipinski definition) is 4. The summed E-state index contributed by atoms with van der Waals surface area (Å²) < 4.78 is 5.10. The van der Waals surface area contributed by atoms with Gasteiger partial charge in [-0.05, 0) is 42.1 Å². The summed E-state index contributed by atoms with van der Waals surface area (Å²) >= 11 is 1.41. The highest BCUT2D eigenvalue weighted by Crippen LogP contribution is 2.13. The molecular weight excluding hydrogens is 272 g/mol. The van der Waals surface area contributed by atoms with Crippen molar-refractivity contribution in [3.8, 4) is 5.75 Å². The van der Waals surface area contributed by atoms with Crippen molar-refractivity contribution >= 4 is 23.3 Å². The zero-order valence-corrected chi connectivity index (χ0v) is 12.2. The molecule has 0 aliphatic rings. The van der Waals surface area contributed by atoms with Gasteiger partial charge in [0.15, 0.2) is 0 Å². The average Bonchev–Trinajstić information content (AvgIpc) is 3.00. The van der Waals surface area contributed by atoms with Crippen LogP contribution in [0.3, 0.4) is 0 Å². The maximum Gasteiger partial charge on any atom is 0.279 e. The number of methoxy groups -OCH3 is 1. The van der Waals surface area contributed by atoms with Gasteiger partial charge in [-0.3, -0.25) is 10.2 Å². The fourth-order valence-electron chi connectivity index (χ4n) is 1.61. The minimum absolute atomic E-state index is 0.137. The molecule has 1 heterocycles. The monoisotopic (exact) mass is 288 g/mol. The second-order valence-electron chi connectivity index (χ2n) is 4.16. The van der Waals surface area contributed by atoms with Crippen LogP contribution >= 0.6 is 11.3 Å². The Morgan fingerprint density at radius 2 is 1.95 bits per heavy atom. The number of nitrogens with one attached hydrogen (secondary N) is 2. The van der Waals surface area contributed by atoms with E-state index in [2.05, 4.69) is 10.9 Å². The third kappa shape index (κ3) is 3.86. The minimum Gasteiger partial charge on any atom is -0.497 e. The number of hydrogen-bond donors (Lipinski definition) is 2. The number of benzene rings is 1. The molecule has 0 fully saturated rings. The highest BCUT2D eigenvalue weighted by atomic mass is 32.1. The van der Waals surface area contributed by atoms with E-state index in [0.717, 1.165) is 17.0 Å². The lowest BCUT2D eigenvalue weighted by atomic mass is 10.2.